The van der Waals surface area contributed by atoms with Gasteiger partial charge < -0.3 is 10.6 Å². The summed E-state index contributed by atoms with van der Waals surface area (Å²) < 4.78 is 0. The molecule has 5 heteroatoms. The second-order valence-corrected chi connectivity index (χ2v) is 7.17. The minimum absolute atomic E-state index is 0.102. The standard InChI is InChI=1S/C19H19N3OS.C2H6/c23-17(14-7-3-1-4-8-14)21-18-22-19(15-9-5-2-6-10-15)13-20-11-16(19)12-24-18;1-2/h1-10,16,20H,11-13H2,(H,21,22,23);1-2H3. The Kier molecular flexibility index (Phi) is 6.12. The summed E-state index contributed by atoms with van der Waals surface area (Å²) in [5, 5.41) is 7.18. The van der Waals surface area contributed by atoms with Crippen LogP contribution in [0.2, 0.25) is 0 Å². The van der Waals surface area contributed by atoms with Gasteiger partial charge in [0.05, 0.1) is 0 Å². The van der Waals surface area contributed by atoms with Gasteiger partial charge in [0.25, 0.3) is 5.91 Å². The number of carbonyl (C=O) groups is 1. The Balaban J connectivity index is 0.000000948. The van der Waals surface area contributed by atoms with Gasteiger partial charge in [-0.1, -0.05) is 74.1 Å². The predicted molar refractivity (Wildman–Crippen MR) is 110 cm³/mol. The molecule has 2 aliphatic rings. The van der Waals surface area contributed by atoms with Crippen LogP contribution < -0.4 is 10.6 Å². The Morgan fingerprint density at radius 1 is 1.12 bits per heavy atom. The summed E-state index contributed by atoms with van der Waals surface area (Å²) in [6.07, 6.45) is 0. The second kappa shape index (κ2) is 8.52. The van der Waals surface area contributed by atoms with Gasteiger partial charge in [-0.2, -0.15) is 0 Å². The van der Waals surface area contributed by atoms with Crippen LogP contribution in [0, 0.1) is 5.92 Å². The van der Waals surface area contributed by atoms with Crippen molar-refractivity contribution in [2.24, 2.45) is 10.9 Å². The third-order valence-electron chi connectivity index (χ3n) is 4.71. The summed E-state index contributed by atoms with van der Waals surface area (Å²) in [7, 11) is 0. The smallest absolute Gasteiger partial charge is 0.257 e. The Hall–Kier alpha value is -2.11. The van der Waals surface area contributed by atoms with E-state index < -0.39 is 0 Å². The normalized spacial score (nSPS) is 23.9. The Bertz CT molecular complexity index is 763. The van der Waals surface area contributed by atoms with E-state index in [0.717, 1.165) is 18.8 Å². The van der Waals surface area contributed by atoms with Crippen molar-refractivity contribution in [3.8, 4) is 0 Å². The van der Waals surface area contributed by atoms with Crippen molar-refractivity contribution in [1.82, 2.24) is 10.6 Å². The Morgan fingerprint density at radius 2 is 1.77 bits per heavy atom. The van der Waals surface area contributed by atoms with Crippen molar-refractivity contribution < 1.29 is 4.79 Å². The van der Waals surface area contributed by atoms with E-state index in [2.05, 4.69) is 34.9 Å². The van der Waals surface area contributed by atoms with Crippen molar-refractivity contribution in [2.75, 3.05) is 18.8 Å². The summed E-state index contributed by atoms with van der Waals surface area (Å²) in [5.41, 5.74) is 1.60. The number of aliphatic imine (C=N–C) groups is 1. The third-order valence-corrected chi connectivity index (χ3v) is 5.75. The molecule has 1 fully saturated rings. The molecule has 0 spiro atoms. The average Bonchev–Trinajstić information content (AvgIpc) is 3.15. The van der Waals surface area contributed by atoms with E-state index >= 15 is 0 Å². The number of hydrogen-bond acceptors (Lipinski definition) is 4. The minimum Gasteiger partial charge on any atom is -0.314 e. The molecule has 0 radical (unpaired) electrons. The van der Waals surface area contributed by atoms with Gasteiger partial charge in [-0.25, -0.2) is 4.99 Å². The molecule has 2 atom stereocenters. The molecule has 1 amide bonds. The number of fused-ring (bicyclic) bond motifs is 1. The van der Waals surface area contributed by atoms with Crippen LogP contribution in [-0.2, 0) is 5.54 Å². The van der Waals surface area contributed by atoms with E-state index in [1.807, 2.05) is 50.2 Å². The van der Waals surface area contributed by atoms with E-state index in [9.17, 15) is 4.79 Å². The summed E-state index contributed by atoms with van der Waals surface area (Å²) >= 11 is 1.63. The quantitative estimate of drug-likeness (QED) is 0.852. The predicted octanol–water partition coefficient (Wildman–Crippen LogP) is 3.66. The highest BCUT2D eigenvalue weighted by molar-refractivity contribution is 8.13. The van der Waals surface area contributed by atoms with Crippen LogP contribution >= 0.6 is 11.8 Å². The molecule has 1 saturated heterocycles. The summed E-state index contributed by atoms with van der Waals surface area (Å²) in [4.78, 5) is 17.4. The number of nitrogens with one attached hydrogen (secondary N) is 2. The first-order chi connectivity index (χ1) is 12.8. The molecule has 136 valence electrons. The fraction of sp³-hybridized carbons (Fsp3) is 0.333. The van der Waals surface area contributed by atoms with Gasteiger partial charge in [0.15, 0.2) is 5.17 Å². The number of rotatable bonds is 2. The zero-order valence-corrected chi connectivity index (χ0v) is 16.1. The Labute approximate surface area is 159 Å². The van der Waals surface area contributed by atoms with E-state index in [0.29, 0.717) is 16.6 Å². The molecule has 0 saturated carbocycles. The van der Waals surface area contributed by atoms with E-state index in [-0.39, 0.29) is 11.4 Å². The molecule has 2 aromatic carbocycles. The number of nitrogens with zero attached hydrogens (tertiary/aromatic N) is 1. The highest BCUT2D eigenvalue weighted by Crippen LogP contribution is 2.42. The first-order valence-corrected chi connectivity index (χ1v) is 10.1. The van der Waals surface area contributed by atoms with E-state index in [4.69, 9.17) is 4.99 Å². The van der Waals surface area contributed by atoms with Gasteiger partial charge in [0.2, 0.25) is 0 Å². The van der Waals surface area contributed by atoms with Crippen LogP contribution in [0.5, 0.6) is 0 Å². The molecule has 0 aliphatic carbocycles. The zero-order valence-electron chi connectivity index (χ0n) is 15.2. The zero-order chi connectivity index (χ0) is 18.4. The number of benzene rings is 2. The van der Waals surface area contributed by atoms with Crippen LogP contribution in [0.4, 0.5) is 0 Å². The number of hydrogen-bond donors (Lipinski definition) is 2. The maximum Gasteiger partial charge on any atom is 0.257 e. The molecule has 2 unspecified atom stereocenters. The molecule has 2 aliphatic heterocycles. The summed E-state index contributed by atoms with van der Waals surface area (Å²) in [5.74, 6) is 1.30. The number of carbonyl (C=O) groups excluding carboxylic acids is 1. The topological polar surface area (TPSA) is 53.5 Å². The van der Waals surface area contributed by atoms with Crippen LogP contribution in [-0.4, -0.2) is 29.9 Å². The molecule has 4 rings (SSSR count). The summed E-state index contributed by atoms with van der Waals surface area (Å²) in [6.45, 7) is 5.78. The maximum atomic E-state index is 12.4. The maximum absolute atomic E-state index is 12.4. The van der Waals surface area contributed by atoms with Crippen molar-refractivity contribution in [1.29, 1.82) is 0 Å². The van der Waals surface area contributed by atoms with Gasteiger partial charge in [-0.15, -0.1) is 0 Å². The van der Waals surface area contributed by atoms with Crippen molar-refractivity contribution in [3.63, 3.8) is 0 Å². The van der Waals surface area contributed by atoms with Crippen LogP contribution in [0.3, 0.4) is 0 Å². The fourth-order valence-corrected chi connectivity index (χ4v) is 4.57. The first kappa shape index (κ1) is 18.7. The lowest BCUT2D eigenvalue weighted by atomic mass is 9.82. The lowest BCUT2D eigenvalue weighted by molar-refractivity contribution is 0.0977. The van der Waals surface area contributed by atoms with Gasteiger partial charge in [-0.05, 0) is 17.7 Å². The monoisotopic (exact) mass is 367 g/mol. The molecular formula is C21H25N3OS. The van der Waals surface area contributed by atoms with E-state index in [1.165, 1.54) is 5.56 Å². The second-order valence-electron chi connectivity index (χ2n) is 6.17. The van der Waals surface area contributed by atoms with Crippen LogP contribution in [0.25, 0.3) is 0 Å². The lowest BCUT2D eigenvalue weighted by Gasteiger charge is -2.35. The lowest BCUT2D eigenvalue weighted by Crippen LogP contribution is -2.42. The highest BCUT2D eigenvalue weighted by atomic mass is 32.2. The molecule has 26 heavy (non-hydrogen) atoms. The highest BCUT2D eigenvalue weighted by Gasteiger charge is 2.47. The summed E-state index contributed by atoms with van der Waals surface area (Å²) in [6, 6.07) is 19.7. The largest absolute Gasteiger partial charge is 0.314 e. The fourth-order valence-electron chi connectivity index (χ4n) is 3.42. The minimum atomic E-state index is -0.272. The van der Waals surface area contributed by atoms with Crippen molar-refractivity contribution in [3.05, 3.63) is 71.8 Å². The van der Waals surface area contributed by atoms with Crippen LogP contribution in [0.15, 0.2) is 65.7 Å². The number of amidine groups is 1. The van der Waals surface area contributed by atoms with Gasteiger partial charge >= 0.3 is 0 Å². The van der Waals surface area contributed by atoms with Gasteiger partial charge in [-0.3, -0.25) is 4.79 Å². The number of amides is 1. The van der Waals surface area contributed by atoms with E-state index in [1.54, 1.807) is 11.8 Å². The van der Waals surface area contributed by atoms with Crippen molar-refractivity contribution in [2.45, 2.75) is 19.4 Å². The number of thioether (sulfide) groups is 1. The average molecular weight is 368 g/mol. The molecule has 2 aromatic rings. The third kappa shape index (κ3) is 3.69. The Morgan fingerprint density at radius 3 is 2.46 bits per heavy atom. The molecule has 2 heterocycles. The van der Waals surface area contributed by atoms with Gasteiger partial charge in [0.1, 0.15) is 5.54 Å². The molecule has 4 nitrogen and oxygen atoms in total. The molecular weight excluding hydrogens is 342 g/mol. The SMILES string of the molecule is CC.O=C(NC1=NC2(c3ccccc3)CNCC2CS1)c1ccccc1. The first-order valence-electron chi connectivity index (χ1n) is 9.13. The molecule has 0 aromatic heterocycles. The van der Waals surface area contributed by atoms with Crippen LogP contribution in [0.1, 0.15) is 29.8 Å². The molecule has 2 N–H and O–H groups in total. The molecule has 0 bridgehead atoms. The van der Waals surface area contributed by atoms with Crippen molar-refractivity contribution >= 4 is 22.8 Å². The van der Waals surface area contributed by atoms with Gasteiger partial charge in [0, 0.05) is 30.3 Å².